The van der Waals surface area contributed by atoms with Gasteiger partial charge in [-0.1, -0.05) is 28.1 Å². The molecule has 0 aliphatic rings. The summed E-state index contributed by atoms with van der Waals surface area (Å²) in [6.45, 7) is 3.75. The molecular formula is C32H26BrN5O2. The van der Waals surface area contributed by atoms with Gasteiger partial charge in [-0.2, -0.15) is 0 Å². The molecule has 40 heavy (non-hydrogen) atoms. The molecule has 0 saturated carbocycles. The smallest absolute Gasteiger partial charge is 0.256 e. The van der Waals surface area contributed by atoms with Crippen molar-refractivity contribution < 1.29 is 9.59 Å². The van der Waals surface area contributed by atoms with Crippen LogP contribution < -0.4 is 15.5 Å². The molecule has 0 aliphatic carbocycles. The molecule has 2 heterocycles. The largest absolute Gasteiger partial charge is 0.311 e. The number of benzene rings is 3. The molecule has 2 amide bonds. The normalized spacial score (nSPS) is 10.6. The van der Waals surface area contributed by atoms with E-state index in [0.29, 0.717) is 22.8 Å². The third kappa shape index (κ3) is 6.42. The van der Waals surface area contributed by atoms with Crippen LogP contribution >= 0.6 is 15.9 Å². The number of rotatable bonds is 7. The molecular weight excluding hydrogens is 566 g/mol. The maximum absolute atomic E-state index is 12.8. The minimum atomic E-state index is -0.238. The van der Waals surface area contributed by atoms with Crippen molar-refractivity contribution in [2.45, 2.75) is 13.8 Å². The van der Waals surface area contributed by atoms with Crippen LogP contribution in [0.2, 0.25) is 0 Å². The number of halogens is 1. The van der Waals surface area contributed by atoms with E-state index in [-0.39, 0.29) is 11.8 Å². The van der Waals surface area contributed by atoms with Gasteiger partial charge in [0.05, 0.1) is 0 Å². The third-order valence-electron chi connectivity index (χ3n) is 6.12. The zero-order chi connectivity index (χ0) is 28.1. The number of carbonyl (C=O) groups excluding carboxylic acids is 2. The van der Waals surface area contributed by atoms with Crippen molar-refractivity contribution in [1.29, 1.82) is 0 Å². The first kappa shape index (κ1) is 26.8. The van der Waals surface area contributed by atoms with E-state index in [1.807, 2.05) is 86.6 Å². The molecule has 0 aliphatic heterocycles. The molecule has 5 rings (SSSR count). The highest BCUT2D eigenvalue weighted by Gasteiger charge is 2.15. The molecule has 0 saturated heterocycles. The first-order valence-electron chi connectivity index (χ1n) is 12.6. The topological polar surface area (TPSA) is 87.2 Å². The highest BCUT2D eigenvalue weighted by Crippen LogP contribution is 2.35. The standard InChI is InChI=1S/C32H26BrN5O2/c1-21-5-3-7-29(34-21)36-31(39)23-9-15-26(16-10-23)38(28-19-13-25(33)14-20-28)27-17-11-24(12-18-27)32(40)37-30-8-4-6-22(2)35-30/h3-20H,1-2H3,(H,34,36,39)(H,35,37,40). The minimum absolute atomic E-state index is 0.238. The fourth-order valence-electron chi connectivity index (χ4n) is 4.16. The van der Waals surface area contributed by atoms with Crippen molar-refractivity contribution in [2.24, 2.45) is 0 Å². The predicted molar refractivity (Wildman–Crippen MR) is 163 cm³/mol. The number of carbonyl (C=O) groups is 2. The number of pyridine rings is 2. The van der Waals surface area contributed by atoms with Crippen molar-refractivity contribution in [1.82, 2.24) is 9.97 Å². The van der Waals surface area contributed by atoms with Gasteiger partial charge in [-0.3, -0.25) is 9.59 Å². The number of anilines is 5. The fraction of sp³-hybridized carbons (Fsp3) is 0.0625. The molecule has 7 nitrogen and oxygen atoms in total. The molecule has 0 fully saturated rings. The zero-order valence-electron chi connectivity index (χ0n) is 21.9. The Morgan fingerprint density at radius 3 is 1.32 bits per heavy atom. The molecule has 0 unspecified atom stereocenters. The summed E-state index contributed by atoms with van der Waals surface area (Å²) in [5.41, 5.74) is 5.31. The van der Waals surface area contributed by atoms with Crippen molar-refractivity contribution in [2.75, 3.05) is 15.5 Å². The van der Waals surface area contributed by atoms with E-state index in [0.717, 1.165) is 32.9 Å². The maximum Gasteiger partial charge on any atom is 0.256 e. The second-order valence-corrected chi connectivity index (χ2v) is 10.1. The van der Waals surface area contributed by atoms with Gasteiger partial charge in [0.2, 0.25) is 0 Å². The van der Waals surface area contributed by atoms with Gasteiger partial charge in [-0.05, 0) is 111 Å². The number of aryl methyl sites for hydroxylation is 2. The lowest BCUT2D eigenvalue weighted by atomic mass is 10.1. The summed E-state index contributed by atoms with van der Waals surface area (Å²) >= 11 is 3.50. The van der Waals surface area contributed by atoms with E-state index < -0.39 is 0 Å². The Labute approximate surface area is 241 Å². The lowest BCUT2D eigenvalue weighted by Gasteiger charge is -2.26. The van der Waals surface area contributed by atoms with Crippen molar-refractivity contribution >= 4 is 56.4 Å². The lowest BCUT2D eigenvalue weighted by Crippen LogP contribution is -2.15. The highest BCUT2D eigenvalue weighted by atomic mass is 79.9. The summed E-state index contributed by atoms with van der Waals surface area (Å²) in [6.07, 6.45) is 0. The Morgan fingerprint density at radius 2 is 0.950 bits per heavy atom. The Kier molecular flexibility index (Phi) is 7.98. The molecule has 8 heteroatoms. The third-order valence-corrected chi connectivity index (χ3v) is 6.65. The number of hydrogen-bond donors (Lipinski definition) is 2. The quantitative estimate of drug-likeness (QED) is 0.201. The van der Waals surface area contributed by atoms with E-state index in [1.165, 1.54) is 0 Å². The lowest BCUT2D eigenvalue weighted by molar-refractivity contribution is 0.101. The average molecular weight is 592 g/mol. The fourth-order valence-corrected chi connectivity index (χ4v) is 4.43. The molecule has 2 N–H and O–H groups in total. The van der Waals surface area contributed by atoms with Gasteiger partial charge in [0, 0.05) is 44.0 Å². The summed E-state index contributed by atoms with van der Waals surface area (Å²) in [7, 11) is 0. The molecule has 198 valence electrons. The monoisotopic (exact) mass is 591 g/mol. The first-order valence-corrected chi connectivity index (χ1v) is 13.4. The molecule has 2 aromatic heterocycles. The maximum atomic E-state index is 12.8. The summed E-state index contributed by atoms with van der Waals surface area (Å²) in [5.74, 6) is 0.539. The number of aromatic nitrogens is 2. The van der Waals surface area contributed by atoms with Crippen LogP contribution in [0.15, 0.2) is 114 Å². The molecule has 0 radical (unpaired) electrons. The van der Waals surface area contributed by atoms with Crippen molar-refractivity contribution in [3.63, 3.8) is 0 Å². The summed E-state index contributed by atoms with van der Waals surface area (Å²) in [4.78, 5) is 36.4. The zero-order valence-corrected chi connectivity index (χ0v) is 23.5. The first-order chi connectivity index (χ1) is 19.4. The second kappa shape index (κ2) is 11.9. The van der Waals surface area contributed by atoms with Gasteiger partial charge < -0.3 is 15.5 Å². The summed E-state index contributed by atoms with van der Waals surface area (Å²) in [6, 6.07) is 33.6. The van der Waals surface area contributed by atoms with Gasteiger partial charge in [0.15, 0.2) is 0 Å². The minimum Gasteiger partial charge on any atom is -0.311 e. The van der Waals surface area contributed by atoms with Crippen molar-refractivity contribution in [3.05, 3.63) is 136 Å². The van der Waals surface area contributed by atoms with Gasteiger partial charge in [-0.25, -0.2) is 9.97 Å². The van der Waals surface area contributed by atoms with Crippen LogP contribution in [-0.4, -0.2) is 21.8 Å². The van der Waals surface area contributed by atoms with Crippen LogP contribution in [0.25, 0.3) is 0 Å². The van der Waals surface area contributed by atoms with Crippen LogP contribution in [-0.2, 0) is 0 Å². The van der Waals surface area contributed by atoms with Crippen LogP contribution in [0.3, 0.4) is 0 Å². The van der Waals surface area contributed by atoms with Gasteiger partial charge in [0.25, 0.3) is 11.8 Å². The Bertz CT molecular complexity index is 1550. The highest BCUT2D eigenvalue weighted by molar-refractivity contribution is 9.10. The summed E-state index contributed by atoms with van der Waals surface area (Å²) < 4.78 is 0.963. The Morgan fingerprint density at radius 1 is 0.575 bits per heavy atom. The number of amides is 2. The van der Waals surface area contributed by atoms with E-state index in [9.17, 15) is 9.59 Å². The number of nitrogens with one attached hydrogen (secondary N) is 2. The van der Waals surface area contributed by atoms with E-state index in [2.05, 4.69) is 41.4 Å². The average Bonchev–Trinajstić information content (AvgIpc) is 2.95. The van der Waals surface area contributed by atoms with E-state index in [4.69, 9.17) is 0 Å². The van der Waals surface area contributed by atoms with E-state index in [1.54, 1.807) is 36.4 Å². The van der Waals surface area contributed by atoms with Crippen LogP contribution in [0.4, 0.5) is 28.7 Å². The predicted octanol–water partition coefficient (Wildman–Crippen LogP) is 7.83. The Hall–Kier alpha value is -4.82. The van der Waals surface area contributed by atoms with E-state index >= 15 is 0 Å². The molecule has 0 bridgehead atoms. The SMILES string of the molecule is Cc1cccc(NC(=O)c2ccc(N(c3ccc(Br)cc3)c3ccc(C(=O)Nc4cccc(C)n4)cc3)cc2)n1. The summed E-state index contributed by atoms with van der Waals surface area (Å²) in [5, 5.41) is 5.69. The van der Waals surface area contributed by atoms with Crippen molar-refractivity contribution in [3.8, 4) is 0 Å². The van der Waals surface area contributed by atoms with Gasteiger partial charge in [0.1, 0.15) is 11.6 Å². The molecule has 0 atom stereocenters. The molecule has 0 spiro atoms. The molecule has 5 aromatic rings. The number of nitrogens with zero attached hydrogens (tertiary/aromatic N) is 3. The van der Waals surface area contributed by atoms with Crippen LogP contribution in [0, 0.1) is 13.8 Å². The van der Waals surface area contributed by atoms with Gasteiger partial charge >= 0.3 is 0 Å². The second-order valence-electron chi connectivity index (χ2n) is 9.14. The molecule has 3 aromatic carbocycles. The van der Waals surface area contributed by atoms with Crippen LogP contribution in [0.1, 0.15) is 32.1 Å². The van der Waals surface area contributed by atoms with Gasteiger partial charge in [-0.15, -0.1) is 0 Å². The Balaban J connectivity index is 1.40. The van der Waals surface area contributed by atoms with Crippen LogP contribution in [0.5, 0.6) is 0 Å². The number of hydrogen-bond acceptors (Lipinski definition) is 5.